The molecule has 1 N–H and O–H groups in total. The van der Waals surface area contributed by atoms with E-state index in [2.05, 4.69) is 26.3 Å². The number of hydrogen-bond donors (Lipinski definition) is 1. The summed E-state index contributed by atoms with van der Waals surface area (Å²) in [7, 11) is 0. The molecule has 4 aromatic rings. The number of aromatic nitrogens is 4. The van der Waals surface area contributed by atoms with Crippen LogP contribution in [0.1, 0.15) is 24.4 Å². The van der Waals surface area contributed by atoms with Gasteiger partial charge in [-0.2, -0.15) is 15.5 Å². The second-order valence-corrected chi connectivity index (χ2v) is 9.97. The molecule has 8 nitrogen and oxygen atoms in total. The monoisotopic (exact) mass is 474 g/mol. The van der Waals surface area contributed by atoms with Gasteiger partial charge in [0.2, 0.25) is 0 Å². The molecule has 0 bridgehead atoms. The first-order chi connectivity index (χ1) is 17.0. The number of pyridine rings is 1. The van der Waals surface area contributed by atoms with Crippen molar-refractivity contribution < 1.29 is 8.78 Å². The van der Waals surface area contributed by atoms with E-state index in [0.717, 1.165) is 43.5 Å². The molecule has 35 heavy (non-hydrogen) atoms. The SMILES string of the molecule is C[C@@H]1CN(c2ccc(C#N)n3ncc(F)c23)Cc2c3ccc(N4CC5CNCC5C4)c(F)c3nn21. The number of anilines is 2. The van der Waals surface area contributed by atoms with Crippen LogP contribution in [0.4, 0.5) is 20.2 Å². The Labute approximate surface area is 200 Å². The van der Waals surface area contributed by atoms with Crippen molar-refractivity contribution >= 4 is 27.8 Å². The molecule has 7 rings (SSSR count). The van der Waals surface area contributed by atoms with Crippen molar-refractivity contribution in [3.8, 4) is 6.07 Å². The van der Waals surface area contributed by atoms with Crippen LogP contribution < -0.4 is 15.1 Å². The molecule has 0 saturated carbocycles. The fourth-order valence-corrected chi connectivity index (χ4v) is 6.21. The van der Waals surface area contributed by atoms with Crippen LogP contribution in [-0.2, 0) is 6.54 Å². The Hall–Kier alpha value is -3.71. The van der Waals surface area contributed by atoms with Crippen molar-refractivity contribution in [3.63, 3.8) is 0 Å². The van der Waals surface area contributed by atoms with Gasteiger partial charge in [-0.15, -0.1) is 0 Å². The maximum absolute atomic E-state index is 15.8. The van der Waals surface area contributed by atoms with E-state index in [1.807, 2.05) is 23.7 Å². The molecule has 1 aromatic carbocycles. The van der Waals surface area contributed by atoms with Gasteiger partial charge in [-0.3, -0.25) is 4.68 Å². The Kier molecular flexibility index (Phi) is 4.36. The van der Waals surface area contributed by atoms with Crippen molar-refractivity contribution in [2.45, 2.75) is 19.5 Å². The van der Waals surface area contributed by atoms with Gasteiger partial charge in [-0.25, -0.2) is 13.3 Å². The molecule has 3 aliphatic heterocycles. The zero-order valence-electron chi connectivity index (χ0n) is 19.2. The molecule has 2 unspecified atom stereocenters. The summed E-state index contributed by atoms with van der Waals surface area (Å²) in [6, 6.07) is 9.28. The van der Waals surface area contributed by atoms with Crippen LogP contribution in [-0.4, -0.2) is 52.1 Å². The third kappa shape index (κ3) is 2.91. The van der Waals surface area contributed by atoms with E-state index < -0.39 is 5.82 Å². The van der Waals surface area contributed by atoms with Gasteiger partial charge in [-0.1, -0.05) is 0 Å². The summed E-state index contributed by atoms with van der Waals surface area (Å²) < 4.78 is 33.7. The van der Waals surface area contributed by atoms with E-state index in [4.69, 9.17) is 5.10 Å². The largest absolute Gasteiger partial charge is 0.368 e. The summed E-state index contributed by atoms with van der Waals surface area (Å²) in [4.78, 5) is 4.22. The summed E-state index contributed by atoms with van der Waals surface area (Å²) in [5.41, 5.74) is 3.11. The Morgan fingerprint density at radius 3 is 2.57 bits per heavy atom. The standard InChI is InChI=1S/C25H24F2N8/c1-14-10-32(21-4-2-17(6-28)35-25(21)19(26)9-30-35)13-22-18-3-5-20(23(27)24(18)31-34(14)22)33-11-15-7-29-8-16(15)12-33/h2-5,9,14-16,29H,7-8,10-13H2,1H3/t14-,15?,16?/m1/s1. The van der Waals surface area contributed by atoms with E-state index in [1.54, 1.807) is 12.1 Å². The van der Waals surface area contributed by atoms with Crippen LogP contribution in [0.2, 0.25) is 0 Å². The van der Waals surface area contributed by atoms with Crippen molar-refractivity contribution in [1.82, 2.24) is 24.7 Å². The van der Waals surface area contributed by atoms with Crippen LogP contribution in [0, 0.1) is 34.8 Å². The minimum absolute atomic E-state index is 0.0482. The highest BCUT2D eigenvalue weighted by Crippen LogP contribution is 2.38. The number of fused-ring (bicyclic) bond motifs is 5. The maximum Gasteiger partial charge on any atom is 0.174 e. The number of benzene rings is 1. The van der Waals surface area contributed by atoms with E-state index in [0.29, 0.717) is 41.8 Å². The number of rotatable bonds is 2. The number of nitrogens with one attached hydrogen (secondary N) is 1. The lowest BCUT2D eigenvalue weighted by molar-refractivity contribution is 0.429. The highest BCUT2D eigenvalue weighted by Gasteiger charge is 2.37. The molecule has 2 saturated heterocycles. The molecular weight excluding hydrogens is 450 g/mol. The van der Waals surface area contributed by atoms with Gasteiger partial charge in [0.05, 0.1) is 35.9 Å². The summed E-state index contributed by atoms with van der Waals surface area (Å²) >= 11 is 0. The van der Waals surface area contributed by atoms with Crippen LogP contribution in [0.3, 0.4) is 0 Å². The summed E-state index contributed by atoms with van der Waals surface area (Å²) in [6.07, 6.45) is 1.13. The first kappa shape index (κ1) is 20.6. The number of nitriles is 1. The Bertz CT molecular complexity index is 1520. The molecule has 3 atom stereocenters. The lowest BCUT2D eigenvalue weighted by atomic mass is 10.0. The topological polar surface area (TPSA) is 77.4 Å². The van der Waals surface area contributed by atoms with Crippen molar-refractivity contribution in [2.75, 3.05) is 42.5 Å². The number of hydrogen-bond acceptors (Lipinski definition) is 6. The van der Waals surface area contributed by atoms with E-state index >= 15 is 4.39 Å². The van der Waals surface area contributed by atoms with Gasteiger partial charge in [0.25, 0.3) is 0 Å². The van der Waals surface area contributed by atoms with E-state index in [1.165, 1.54) is 4.52 Å². The van der Waals surface area contributed by atoms with E-state index in [-0.39, 0.29) is 23.1 Å². The van der Waals surface area contributed by atoms with Crippen molar-refractivity contribution in [3.05, 3.63) is 53.5 Å². The molecule has 178 valence electrons. The molecule has 2 fully saturated rings. The second kappa shape index (κ2) is 7.39. The third-order valence-electron chi connectivity index (χ3n) is 7.91. The lowest BCUT2D eigenvalue weighted by Gasteiger charge is -2.34. The fourth-order valence-electron chi connectivity index (χ4n) is 6.21. The van der Waals surface area contributed by atoms with Gasteiger partial charge in [-0.05, 0) is 43.0 Å². The fraction of sp³-hybridized carbons (Fsp3) is 0.400. The summed E-state index contributed by atoms with van der Waals surface area (Å²) in [6.45, 7) is 6.78. The van der Waals surface area contributed by atoms with Crippen LogP contribution in [0.15, 0.2) is 30.5 Å². The molecule has 3 aromatic heterocycles. The van der Waals surface area contributed by atoms with Crippen LogP contribution in [0.5, 0.6) is 0 Å². The average Bonchev–Trinajstić information content (AvgIpc) is 3.62. The van der Waals surface area contributed by atoms with Gasteiger partial charge in [0.15, 0.2) is 11.6 Å². The lowest BCUT2D eigenvalue weighted by Crippen LogP contribution is -2.36. The van der Waals surface area contributed by atoms with Gasteiger partial charge in [0, 0.05) is 38.1 Å². The quantitative estimate of drug-likeness (QED) is 0.481. The predicted octanol–water partition coefficient (Wildman–Crippen LogP) is 3.07. The first-order valence-corrected chi connectivity index (χ1v) is 12.0. The van der Waals surface area contributed by atoms with Crippen LogP contribution >= 0.6 is 0 Å². The Morgan fingerprint density at radius 1 is 1.03 bits per heavy atom. The van der Waals surface area contributed by atoms with Crippen molar-refractivity contribution in [2.24, 2.45) is 11.8 Å². The van der Waals surface area contributed by atoms with Crippen molar-refractivity contribution in [1.29, 1.82) is 5.26 Å². The molecular formula is C25H24F2N8. The molecule has 6 heterocycles. The first-order valence-electron chi connectivity index (χ1n) is 12.0. The Morgan fingerprint density at radius 2 is 1.80 bits per heavy atom. The van der Waals surface area contributed by atoms with Gasteiger partial charge < -0.3 is 15.1 Å². The molecule has 0 amide bonds. The molecule has 0 radical (unpaired) electrons. The second-order valence-electron chi connectivity index (χ2n) is 9.97. The minimum Gasteiger partial charge on any atom is -0.368 e. The molecule has 10 heteroatoms. The van der Waals surface area contributed by atoms with Gasteiger partial charge >= 0.3 is 0 Å². The average molecular weight is 475 g/mol. The molecule has 0 aliphatic carbocycles. The Balaban J connectivity index is 1.29. The normalized spacial score (nSPS) is 23.8. The number of nitrogens with zero attached hydrogens (tertiary/aromatic N) is 7. The zero-order valence-corrected chi connectivity index (χ0v) is 19.2. The predicted molar refractivity (Wildman–Crippen MR) is 127 cm³/mol. The van der Waals surface area contributed by atoms with E-state index in [9.17, 15) is 9.65 Å². The highest BCUT2D eigenvalue weighted by atomic mass is 19.1. The highest BCUT2D eigenvalue weighted by molar-refractivity contribution is 5.87. The zero-order chi connectivity index (χ0) is 23.8. The third-order valence-corrected chi connectivity index (χ3v) is 7.91. The molecule has 3 aliphatic rings. The maximum atomic E-state index is 15.8. The summed E-state index contributed by atoms with van der Waals surface area (Å²) in [5, 5.41) is 22.3. The van der Waals surface area contributed by atoms with Crippen LogP contribution in [0.25, 0.3) is 16.4 Å². The number of halogens is 2. The minimum atomic E-state index is -0.477. The smallest absolute Gasteiger partial charge is 0.174 e. The van der Waals surface area contributed by atoms with Gasteiger partial charge in [0.1, 0.15) is 22.8 Å². The molecule has 0 spiro atoms. The summed E-state index contributed by atoms with van der Waals surface area (Å²) in [5.74, 6) is 0.401.